The van der Waals surface area contributed by atoms with Crippen molar-refractivity contribution in [2.45, 2.75) is 19.8 Å². The number of aryl methyl sites for hydroxylation is 1. The molecule has 168 valence electrons. The summed E-state index contributed by atoms with van der Waals surface area (Å²) in [5.41, 5.74) is 3.31. The van der Waals surface area contributed by atoms with Crippen molar-refractivity contribution in [2.75, 3.05) is 23.3 Å². The van der Waals surface area contributed by atoms with Crippen LogP contribution in [0.15, 0.2) is 60.7 Å². The molecule has 3 heterocycles. The summed E-state index contributed by atoms with van der Waals surface area (Å²) >= 11 is 0. The van der Waals surface area contributed by atoms with Crippen molar-refractivity contribution < 1.29 is 13.6 Å². The summed E-state index contributed by atoms with van der Waals surface area (Å²) < 4.78 is 29.0. The van der Waals surface area contributed by atoms with Crippen LogP contribution in [-0.2, 0) is 4.79 Å². The van der Waals surface area contributed by atoms with Crippen molar-refractivity contribution in [2.24, 2.45) is 5.92 Å². The van der Waals surface area contributed by atoms with Gasteiger partial charge in [-0.05, 0) is 56.2 Å². The second-order valence-corrected chi connectivity index (χ2v) is 8.29. The van der Waals surface area contributed by atoms with E-state index in [1.165, 1.54) is 18.2 Å². The van der Waals surface area contributed by atoms with Crippen molar-refractivity contribution in [3.05, 3.63) is 78.0 Å². The van der Waals surface area contributed by atoms with E-state index in [-0.39, 0.29) is 23.3 Å². The Kier molecular flexibility index (Phi) is 5.50. The lowest BCUT2D eigenvalue weighted by Gasteiger charge is -2.33. The Hall–Kier alpha value is -3.81. The molecule has 33 heavy (non-hydrogen) atoms. The number of benzene rings is 2. The normalized spacial score (nSPS) is 14.6. The van der Waals surface area contributed by atoms with E-state index in [0.717, 1.165) is 17.1 Å². The van der Waals surface area contributed by atoms with Gasteiger partial charge in [0.1, 0.15) is 17.5 Å². The van der Waals surface area contributed by atoms with Crippen LogP contribution in [0.1, 0.15) is 18.5 Å². The molecule has 1 aliphatic rings. The number of aromatic nitrogens is 3. The first-order valence-electron chi connectivity index (χ1n) is 10.9. The Morgan fingerprint density at radius 3 is 2.48 bits per heavy atom. The molecule has 8 heteroatoms. The third-order valence-corrected chi connectivity index (χ3v) is 6.00. The van der Waals surface area contributed by atoms with E-state index in [1.807, 2.05) is 19.1 Å². The molecule has 0 spiro atoms. The number of nitrogens with zero attached hydrogens (tertiary/aromatic N) is 4. The van der Waals surface area contributed by atoms with Gasteiger partial charge in [-0.3, -0.25) is 4.79 Å². The largest absolute Gasteiger partial charge is 0.356 e. The van der Waals surface area contributed by atoms with Crippen LogP contribution in [0, 0.1) is 24.5 Å². The number of anilines is 2. The van der Waals surface area contributed by atoms with Crippen LogP contribution < -0.4 is 10.2 Å². The molecule has 1 saturated heterocycles. The number of amides is 1. The second kappa shape index (κ2) is 8.61. The number of piperidine rings is 1. The lowest BCUT2D eigenvalue weighted by atomic mass is 9.95. The van der Waals surface area contributed by atoms with Crippen LogP contribution in [0.5, 0.6) is 0 Å². The summed E-state index contributed by atoms with van der Waals surface area (Å²) in [4.78, 5) is 19.4. The number of fused-ring (bicyclic) bond motifs is 1. The first-order valence-corrected chi connectivity index (χ1v) is 10.9. The van der Waals surface area contributed by atoms with Gasteiger partial charge in [0.05, 0.1) is 11.4 Å². The smallest absolute Gasteiger partial charge is 0.227 e. The fraction of sp³-hybridized carbons (Fsp3) is 0.240. The van der Waals surface area contributed by atoms with Gasteiger partial charge in [0.2, 0.25) is 5.91 Å². The van der Waals surface area contributed by atoms with Crippen LogP contribution in [0.4, 0.5) is 20.3 Å². The Labute approximate surface area is 189 Å². The van der Waals surface area contributed by atoms with Gasteiger partial charge < -0.3 is 10.2 Å². The van der Waals surface area contributed by atoms with Gasteiger partial charge in [-0.25, -0.2) is 13.8 Å². The molecule has 4 aromatic rings. The third-order valence-electron chi connectivity index (χ3n) is 6.00. The number of nitrogens with one attached hydrogen (secondary N) is 1. The SMILES string of the molecule is Cc1cc(N2CCC(C(=O)Nc3ccccc3F)CC2)n2nc(-c3ccc(F)cc3)cc2n1. The predicted octanol–water partition coefficient (Wildman–Crippen LogP) is 4.84. The lowest BCUT2D eigenvalue weighted by molar-refractivity contribution is -0.120. The van der Waals surface area contributed by atoms with Crippen LogP contribution in [-0.4, -0.2) is 33.6 Å². The lowest BCUT2D eigenvalue weighted by Crippen LogP contribution is -2.39. The first kappa shape index (κ1) is 21.1. The molecule has 6 nitrogen and oxygen atoms in total. The Bertz CT molecular complexity index is 1310. The highest BCUT2D eigenvalue weighted by molar-refractivity contribution is 5.92. The van der Waals surface area contributed by atoms with Crippen LogP contribution >= 0.6 is 0 Å². The summed E-state index contributed by atoms with van der Waals surface area (Å²) in [5, 5.41) is 7.43. The highest BCUT2D eigenvalue weighted by Gasteiger charge is 2.27. The van der Waals surface area contributed by atoms with Crippen molar-refractivity contribution in [3.8, 4) is 11.3 Å². The maximum absolute atomic E-state index is 13.9. The van der Waals surface area contributed by atoms with E-state index < -0.39 is 5.82 Å². The molecular weight excluding hydrogens is 424 g/mol. The van der Waals surface area contributed by atoms with E-state index in [9.17, 15) is 13.6 Å². The fourth-order valence-corrected chi connectivity index (χ4v) is 4.24. The predicted molar refractivity (Wildman–Crippen MR) is 123 cm³/mol. The van der Waals surface area contributed by atoms with Gasteiger partial charge in [0.15, 0.2) is 5.65 Å². The number of halogens is 2. The zero-order valence-corrected chi connectivity index (χ0v) is 18.1. The van der Waals surface area contributed by atoms with E-state index in [0.29, 0.717) is 37.3 Å². The van der Waals surface area contributed by atoms with Crippen LogP contribution in [0.2, 0.25) is 0 Å². The summed E-state index contributed by atoms with van der Waals surface area (Å²) in [6, 6.07) is 16.3. The maximum Gasteiger partial charge on any atom is 0.227 e. The van der Waals surface area contributed by atoms with Crippen LogP contribution in [0.25, 0.3) is 16.9 Å². The summed E-state index contributed by atoms with van der Waals surface area (Å²) in [5.74, 6) is -0.174. The average Bonchev–Trinajstić information content (AvgIpc) is 3.24. The van der Waals surface area contributed by atoms with Gasteiger partial charge in [0.25, 0.3) is 0 Å². The molecule has 0 aliphatic carbocycles. The topological polar surface area (TPSA) is 62.5 Å². The molecule has 0 radical (unpaired) electrons. The van der Waals surface area contributed by atoms with Gasteiger partial charge in [-0.1, -0.05) is 12.1 Å². The third kappa shape index (κ3) is 4.28. The maximum atomic E-state index is 13.9. The molecule has 2 aromatic heterocycles. The van der Waals surface area contributed by atoms with Crippen molar-refractivity contribution in [3.63, 3.8) is 0 Å². The molecule has 0 saturated carbocycles. The fourth-order valence-electron chi connectivity index (χ4n) is 4.24. The monoisotopic (exact) mass is 447 g/mol. The number of carbonyl (C=O) groups is 1. The number of para-hydroxylation sites is 1. The molecule has 5 rings (SSSR count). The molecule has 0 unspecified atom stereocenters. The molecular formula is C25H23F2N5O. The van der Waals surface area contributed by atoms with Crippen LogP contribution in [0.3, 0.4) is 0 Å². The zero-order chi connectivity index (χ0) is 22.9. The quantitative estimate of drug-likeness (QED) is 0.486. The molecule has 1 amide bonds. The Balaban J connectivity index is 1.34. The van der Waals surface area contributed by atoms with Gasteiger partial charge in [-0.2, -0.15) is 9.61 Å². The minimum atomic E-state index is -0.437. The van der Waals surface area contributed by atoms with E-state index in [2.05, 4.69) is 15.2 Å². The first-order chi connectivity index (χ1) is 16.0. The van der Waals surface area contributed by atoms with E-state index >= 15 is 0 Å². The van der Waals surface area contributed by atoms with Crippen molar-refractivity contribution >= 4 is 23.1 Å². The highest BCUT2D eigenvalue weighted by atomic mass is 19.1. The second-order valence-electron chi connectivity index (χ2n) is 8.29. The Morgan fingerprint density at radius 1 is 1.03 bits per heavy atom. The van der Waals surface area contributed by atoms with Gasteiger partial charge >= 0.3 is 0 Å². The van der Waals surface area contributed by atoms with Gasteiger partial charge in [0, 0.05) is 42.4 Å². The molecule has 1 N–H and O–H groups in total. The molecule has 2 aromatic carbocycles. The van der Waals surface area contributed by atoms with Crippen molar-refractivity contribution in [1.29, 1.82) is 0 Å². The molecule has 0 bridgehead atoms. The average molecular weight is 447 g/mol. The number of rotatable bonds is 4. The zero-order valence-electron chi connectivity index (χ0n) is 18.1. The van der Waals surface area contributed by atoms with Crippen molar-refractivity contribution in [1.82, 2.24) is 14.6 Å². The summed E-state index contributed by atoms with van der Waals surface area (Å²) in [6.45, 7) is 3.27. The molecule has 0 atom stereocenters. The van der Waals surface area contributed by atoms with E-state index in [4.69, 9.17) is 5.10 Å². The Morgan fingerprint density at radius 2 is 1.76 bits per heavy atom. The van der Waals surface area contributed by atoms with Gasteiger partial charge in [-0.15, -0.1) is 0 Å². The minimum Gasteiger partial charge on any atom is -0.356 e. The summed E-state index contributed by atoms with van der Waals surface area (Å²) in [7, 11) is 0. The number of hydrogen-bond donors (Lipinski definition) is 1. The molecule has 1 aliphatic heterocycles. The number of hydrogen-bond acceptors (Lipinski definition) is 4. The number of carbonyl (C=O) groups excluding carboxylic acids is 1. The molecule has 1 fully saturated rings. The minimum absolute atomic E-state index is 0.159. The standard InChI is InChI=1S/C25H23F2N5O/c1-16-14-24(32-23(28-16)15-22(30-32)17-6-8-19(26)9-7-17)31-12-10-18(11-13-31)25(33)29-21-5-3-2-4-20(21)27/h2-9,14-15,18H,10-13H2,1H3,(H,29,33). The summed E-state index contributed by atoms with van der Waals surface area (Å²) in [6.07, 6.45) is 1.30. The van der Waals surface area contributed by atoms with E-state index in [1.54, 1.807) is 34.8 Å². The highest BCUT2D eigenvalue weighted by Crippen LogP contribution is 2.28.